The average molecular weight is 277 g/mol. The van der Waals surface area contributed by atoms with Gasteiger partial charge in [-0.3, -0.25) is 0 Å². The first kappa shape index (κ1) is 16.3. The van der Waals surface area contributed by atoms with Crippen molar-refractivity contribution >= 4 is 11.8 Å². The maximum Gasteiger partial charge on any atom is 0.0198 e. The van der Waals surface area contributed by atoms with Gasteiger partial charge < -0.3 is 5.32 Å². The summed E-state index contributed by atoms with van der Waals surface area (Å²) in [6, 6.07) is 9.16. The van der Waals surface area contributed by atoms with Gasteiger partial charge in [0.05, 0.1) is 0 Å². The zero-order chi connectivity index (χ0) is 14.1. The number of benzene rings is 1. The highest BCUT2D eigenvalue weighted by Crippen LogP contribution is 2.24. The summed E-state index contributed by atoms with van der Waals surface area (Å²) in [5, 5.41) is 3.64. The Balaban J connectivity index is 2.52. The molecule has 0 aliphatic rings. The number of nitrogens with one attached hydrogen (secondary N) is 1. The van der Waals surface area contributed by atoms with Crippen LogP contribution in [0.4, 0.5) is 0 Å². The van der Waals surface area contributed by atoms with Crippen molar-refractivity contribution in [3.63, 3.8) is 0 Å². The zero-order valence-corrected chi connectivity index (χ0v) is 13.4. The molecule has 19 heavy (non-hydrogen) atoms. The van der Waals surface area contributed by atoms with Crippen LogP contribution in [0.2, 0.25) is 0 Å². The molecule has 0 aliphatic carbocycles. The van der Waals surface area contributed by atoms with Crippen LogP contribution < -0.4 is 5.32 Å². The van der Waals surface area contributed by atoms with E-state index < -0.39 is 0 Å². The van der Waals surface area contributed by atoms with Gasteiger partial charge in [0.25, 0.3) is 0 Å². The van der Waals surface area contributed by atoms with Crippen LogP contribution in [0.25, 0.3) is 0 Å². The third-order valence-electron chi connectivity index (χ3n) is 3.25. The first-order valence-electron chi connectivity index (χ1n) is 7.25. The highest BCUT2D eigenvalue weighted by atomic mass is 32.2. The molecule has 0 heterocycles. The Morgan fingerprint density at radius 3 is 2.68 bits per heavy atom. The van der Waals surface area contributed by atoms with Crippen LogP contribution in [-0.2, 0) is 0 Å². The predicted octanol–water partition coefficient (Wildman–Crippen LogP) is 4.81. The van der Waals surface area contributed by atoms with Gasteiger partial charge in [0.15, 0.2) is 0 Å². The summed E-state index contributed by atoms with van der Waals surface area (Å²) in [5.41, 5.74) is 2.72. The predicted molar refractivity (Wildman–Crippen MR) is 88.0 cm³/mol. The van der Waals surface area contributed by atoms with E-state index in [0.717, 1.165) is 25.1 Å². The third kappa shape index (κ3) is 6.31. The van der Waals surface area contributed by atoms with Crippen molar-refractivity contribution < 1.29 is 0 Å². The van der Waals surface area contributed by atoms with Crippen LogP contribution in [0, 0.1) is 6.92 Å². The summed E-state index contributed by atoms with van der Waals surface area (Å²) in [6.07, 6.45) is 3.36. The second-order valence-electron chi connectivity index (χ2n) is 5.04. The molecule has 1 unspecified atom stereocenters. The SMILES string of the molecule is C=C(CC)CC(CSc1ccccc1C)NCCC. The lowest BCUT2D eigenvalue weighted by atomic mass is 10.1. The Bertz CT molecular complexity index is 387. The lowest BCUT2D eigenvalue weighted by Gasteiger charge is -2.19. The van der Waals surface area contributed by atoms with Gasteiger partial charge in [-0.1, -0.05) is 44.2 Å². The summed E-state index contributed by atoms with van der Waals surface area (Å²) in [7, 11) is 0. The summed E-state index contributed by atoms with van der Waals surface area (Å²) >= 11 is 1.95. The topological polar surface area (TPSA) is 12.0 Å². The van der Waals surface area contributed by atoms with Crippen molar-refractivity contribution in [3.05, 3.63) is 42.0 Å². The van der Waals surface area contributed by atoms with E-state index in [4.69, 9.17) is 0 Å². The molecule has 2 heteroatoms. The first-order valence-corrected chi connectivity index (χ1v) is 8.24. The number of thioether (sulfide) groups is 1. The number of rotatable bonds is 9. The Morgan fingerprint density at radius 1 is 1.32 bits per heavy atom. The Kier molecular flexibility index (Phi) is 7.92. The van der Waals surface area contributed by atoms with Gasteiger partial charge in [-0.05, 0) is 44.4 Å². The van der Waals surface area contributed by atoms with Gasteiger partial charge in [0, 0.05) is 16.7 Å². The standard InChI is InChI=1S/C17H27NS/c1-5-11-18-16(12-14(3)6-2)13-19-17-10-8-7-9-15(17)4/h7-10,16,18H,3,5-6,11-13H2,1-2,4H3. The molecule has 1 N–H and O–H groups in total. The molecular weight excluding hydrogens is 250 g/mol. The summed E-state index contributed by atoms with van der Waals surface area (Å²) in [5.74, 6) is 1.11. The average Bonchev–Trinajstić information content (AvgIpc) is 2.43. The van der Waals surface area contributed by atoms with E-state index in [1.54, 1.807) is 0 Å². The minimum Gasteiger partial charge on any atom is -0.313 e. The molecule has 0 saturated heterocycles. The first-order chi connectivity index (χ1) is 9.17. The van der Waals surface area contributed by atoms with E-state index in [1.807, 2.05) is 11.8 Å². The summed E-state index contributed by atoms with van der Waals surface area (Å²) in [4.78, 5) is 1.40. The van der Waals surface area contributed by atoms with E-state index in [2.05, 4.69) is 56.9 Å². The Hall–Kier alpha value is -0.730. The van der Waals surface area contributed by atoms with Crippen LogP contribution in [0.3, 0.4) is 0 Å². The quantitative estimate of drug-likeness (QED) is 0.513. The fourth-order valence-corrected chi connectivity index (χ4v) is 3.03. The summed E-state index contributed by atoms with van der Waals surface area (Å²) in [6.45, 7) is 11.8. The van der Waals surface area contributed by atoms with Gasteiger partial charge >= 0.3 is 0 Å². The number of hydrogen-bond donors (Lipinski definition) is 1. The monoisotopic (exact) mass is 277 g/mol. The van der Waals surface area contributed by atoms with Gasteiger partial charge in [-0.2, -0.15) is 0 Å². The van der Waals surface area contributed by atoms with E-state index in [-0.39, 0.29) is 0 Å². The highest BCUT2D eigenvalue weighted by molar-refractivity contribution is 7.99. The molecule has 1 nitrogen and oxygen atoms in total. The Morgan fingerprint density at radius 2 is 2.05 bits per heavy atom. The van der Waals surface area contributed by atoms with Crippen LogP contribution in [0.1, 0.15) is 38.7 Å². The number of hydrogen-bond acceptors (Lipinski definition) is 2. The molecule has 1 aromatic carbocycles. The van der Waals surface area contributed by atoms with Crippen molar-refractivity contribution in [2.24, 2.45) is 0 Å². The second kappa shape index (κ2) is 9.22. The van der Waals surface area contributed by atoms with Gasteiger partial charge in [0.1, 0.15) is 0 Å². The molecule has 1 rings (SSSR count). The minimum absolute atomic E-state index is 0.539. The molecule has 0 aliphatic heterocycles. The fraction of sp³-hybridized carbons (Fsp3) is 0.529. The summed E-state index contributed by atoms with van der Waals surface area (Å²) < 4.78 is 0. The van der Waals surface area contributed by atoms with E-state index in [1.165, 1.54) is 22.5 Å². The molecule has 0 radical (unpaired) electrons. The highest BCUT2D eigenvalue weighted by Gasteiger charge is 2.10. The largest absolute Gasteiger partial charge is 0.313 e. The molecule has 106 valence electrons. The van der Waals surface area contributed by atoms with Gasteiger partial charge in [0.2, 0.25) is 0 Å². The van der Waals surface area contributed by atoms with Crippen LogP contribution in [0.5, 0.6) is 0 Å². The molecular formula is C17H27NS. The zero-order valence-electron chi connectivity index (χ0n) is 12.5. The maximum atomic E-state index is 4.14. The Labute approximate surface area is 122 Å². The van der Waals surface area contributed by atoms with Crippen molar-refractivity contribution in [2.75, 3.05) is 12.3 Å². The van der Waals surface area contributed by atoms with E-state index in [0.29, 0.717) is 6.04 Å². The van der Waals surface area contributed by atoms with Crippen LogP contribution in [0.15, 0.2) is 41.3 Å². The van der Waals surface area contributed by atoms with Crippen molar-refractivity contribution in [1.29, 1.82) is 0 Å². The molecule has 0 saturated carbocycles. The van der Waals surface area contributed by atoms with Crippen LogP contribution >= 0.6 is 11.8 Å². The van der Waals surface area contributed by atoms with Crippen molar-refractivity contribution in [1.82, 2.24) is 5.32 Å². The fourth-order valence-electron chi connectivity index (χ4n) is 1.94. The van der Waals surface area contributed by atoms with E-state index in [9.17, 15) is 0 Å². The maximum absolute atomic E-state index is 4.14. The lowest BCUT2D eigenvalue weighted by molar-refractivity contribution is 0.544. The van der Waals surface area contributed by atoms with Crippen molar-refractivity contribution in [2.45, 2.75) is 51.0 Å². The van der Waals surface area contributed by atoms with Crippen LogP contribution in [-0.4, -0.2) is 18.3 Å². The normalized spacial score (nSPS) is 12.4. The van der Waals surface area contributed by atoms with Crippen molar-refractivity contribution in [3.8, 4) is 0 Å². The third-order valence-corrected chi connectivity index (χ3v) is 4.59. The van der Waals surface area contributed by atoms with Gasteiger partial charge in [-0.15, -0.1) is 11.8 Å². The smallest absolute Gasteiger partial charge is 0.0198 e. The van der Waals surface area contributed by atoms with E-state index >= 15 is 0 Å². The van der Waals surface area contributed by atoms with Gasteiger partial charge in [-0.25, -0.2) is 0 Å². The molecule has 0 spiro atoms. The second-order valence-corrected chi connectivity index (χ2v) is 6.10. The molecule has 0 aromatic heterocycles. The lowest BCUT2D eigenvalue weighted by Crippen LogP contribution is -2.32. The number of aryl methyl sites for hydroxylation is 1. The molecule has 1 aromatic rings. The minimum atomic E-state index is 0.539. The molecule has 0 amide bonds. The molecule has 0 bridgehead atoms. The molecule has 0 fully saturated rings. The molecule has 1 atom stereocenters.